The van der Waals surface area contributed by atoms with Crippen LogP contribution in [0.1, 0.15) is 43.9 Å². The highest BCUT2D eigenvalue weighted by molar-refractivity contribution is 7.92. The summed E-state index contributed by atoms with van der Waals surface area (Å²) >= 11 is 6.11. The molecule has 1 aliphatic heterocycles. The summed E-state index contributed by atoms with van der Waals surface area (Å²) in [7, 11) is -3.98. The third-order valence-electron chi connectivity index (χ3n) is 6.84. The van der Waals surface area contributed by atoms with Crippen molar-refractivity contribution in [2.75, 3.05) is 28.8 Å². The van der Waals surface area contributed by atoms with E-state index in [1.165, 1.54) is 30.7 Å². The molecule has 1 N–H and O–H groups in total. The molecule has 8 heteroatoms. The molecule has 196 valence electrons. The van der Waals surface area contributed by atoms with Crippen LogP contribution in [0.15, 0.2) is 77.7 Å². The maximum atomic E-state index is 13.6. The van der Waals surface area contributed by atoms with Gasteiger partial charge in [-0.2, -0.15) is 0 Å². The van der Waals surface area contributed by atoms with E-state index in [4.69, 9.17) is 11.6 Å². The minimum Gasteiger partial charge on any atom is -0.371 e. The van der Waals surface area contributed by atoms with Gasteiger partial charge in [0.25, 0.3) is 10.0 Å². The van der Waals surface area contributed by atoms with E-state index in [0.717, 1.165) is 23.0 Å². The van der Waals surface area contributed by atoms with Gasteiger partial charge in [0.2, 0.25) is 5.91 Å². The zero-order chi connectivity index (χ0) is 26.6. The number of benzene rings is 3. The number of carbonyl (C=O) groups is 1. The Morgan fingerprint density at radius 2 is 1.81 bits per heavy atom. The SMILES string of the molecule is Cc1cc(Cl)ccc1N(CC(=O)NC(C)c1ccc(N2CCCC(C)C2)cc1)S(=O)(=O)c1ccccc1. The van der Waals surface area contributed by atoms with Crippen LogP contribution in [-0.2, 0) is 14.8 Å². The standard InChI is InChI=1S/C29H34ClN3O3S/c1-21-8-7-17-32(19-21)26-14-11-24(12-15-26)23(3)31-29(34)20-33(28-16-13-25(30)18-22(28)2)37(35,36)27-9-5-4-6-10-27/h4-6,9-16,18,21,23H,7-8,17,19-20H2,1-3H3,(H,31,34). The van der Waals surface area contributed by atoms with Gasteiger partial charge in [-0.15, -0.1) is 0 Å². The van der Waals surface area contributed by atoms with Crippen molar-refractivity contribution >= 4 is 38.9 Å². The lowest BCUT2D eigenvalue weighted by Crippen LogP contribution is -2.42. The smallest absolute Gasteiger partial charge is 0.264 e. The van der Waals surface area contributed by atoms with Gasteiger partial charge in [-0.3, -0.25) is 9.10 Å². The highest BCUT2D eigenvalue weighted by Gasteiger charge is 2.29. The molecule has 0 aliphatic carbocycles. The van der Waals surface area contributed by atoms with Gasteiger partial charge in [0.1, 0.15) is 6.54 Å². The molecular formula is C29H34ClN3O3S. The van der Waals surface area contributed by atoms with Crippen LogP contribution >= 0.6 is 11.6 Å². The van der Waals surface area contributed by atoms with E-state index >= 15 is 0 Å². The molecule has 4 rings (SSSR count). The first-order chi connectivity index (χ1) is 17.6. The predicted molar refractivity (Wildman–Crippen MR) is 151 cm³/mol. The molecule has 0 spiro atoms. The lowest BCUT2D eigenvalue weighted by Gasteiger charge is -2.33. The second-order valence-corrected chi connectivity index (χ2v) is 12.1. The summed E-state index contributed by atoms with van der Waals surface area (Å²) in [5.74, 6) is 0.293. The fraction of sp³-hybridized carbons (Fsp3) is 0.345. The molecule has 0 aromatic heterocycles. The molecule has 2 atom stereocenters. The van der Waals surface area contributed by atoms with Gasteiger partial charge in [0.15, 0.2) is 0 Å². The van der Waals surface area contributed by atoms with Crippen LogP contribution in [0.25, 0.3) is 0 Å². The van der Waals surface area contributed by atoms with Gasteiger partial charge < -0.3 is 10.2 Å². The van der Waals surface area contributed by atoms with Crippen LogP contribution in [0, 0.1) is 12.8 Å². The topological polar surface area (TPSA) is 69.7 Å². The Kier molecular flexibility index (Phi) is 8.45. The average Bonchev–Trinajstić information content (AvgIpc) is 2.88. The van der Waals surface area contributed by atoms with Gasteiger partial charge in [0, 0.05) is 23.8 Å². The van der Waals surface area contributed by atoms with Gasteiger partial charge >= 0.3 is 0 Å². The summed E-state index contributed by atoms with van der Waals surface area (Å²) in [5, 5.41) is 3.47. The number of nitrogens with one attached hydrogen (secondary N) is 1. The number of sulfonamides is 1. The van der Waals surface area contributed by atoms with E-state index in [-0.39, 0.29) is 17.5 Å². The third-order valence-corrected chi connectivity index (χ3v) is 8.85. The molecule has 1 aliphatic rings. The quantitative estimate of drug-likeness (QED) is 0.383. The highest BCUT2D eigenvalue weighted by Crippen LogP contribution is 2.29. The first-order valence-corrected chi connectivity index (χ1v) is 14.4. The third kappa shape index (κ3) is 6.46. The van der Waals surface area contributed by atoms with Crippen molar-refractivity contribution in [3.05, 3.63) is 88.9 Å². The molecule has 6 nitrogen and oxygen atoms in total. The number of halogens is 1. The maximum absolute atomic E-state index is 13.6. The molecule has 3 aromatic carbocycles. The molecule has 2 unspecified atom stereocenters. The normalized spacial score (nSPS) is 16.8. The number of nitrogens with zero attached hydrogens (tertiary/aromatic N) is 2. The average molecular weight is 540 g/mol. The molecule has 1 heterocycles. The molecule has 0 radical (unpaired) electrons. The zero-order valence-electron chi connectivity index (χ0n) is 21.5. The maximum Gasteiger partial charge on any atom is 0.264 e. The van der Waals surface area contributed by atoms with E-state index < -0.39 is 15.9 Å². The van der Waals surface area contributed by atoms with E-state index in [9.17, 15) is 13.2 Å². The van der Waals surface area contributed by atoms with Crippen molar-refractivity contribution in [1.29, 1.82) is 0 Å². The minimum atomic E-state index is -3.98. The van der Waals surface area contributed by atoms with E-state index in [1.807, 2.05) is 19.1 Å². The summed E-state index contributed by atoms with van der Waals surface area (Å²) in [6.07, 6.45) is 2.47. The van der Waals surface area contributed by atoms with Crippen molar-refractivity contribution in [2.45, 2.75) is 44.6 Å². The lowest BCUT2D eigenvalue weighted by atomic mass is 9.99. The van der Waals surface area contributed by atoms with Crippen LogP contribution in [-0.4, -0.2) is 34.0 Å². The number of hydrogen-bond acceptors (Lipinski definition) is 4. The van der Waals surface area contributed by atoms with Crippen molar-refractivity contribution in [3.63, 3.8) is 0 Å². The van der Waals surface area contributed by atoms with E-state index in [0.29, 0.717) is 22.2 Å². The van der Waals surface area contributed by atoms with Crippen LogP contribution in [0.2, 0.25) is 5.02 Å². The number of aryl methyl sites for hydroxylation is 1. The molecule has 0 bridgehead atoms. The molecule has 3 aromatic rings. The summed E-state index contributed by atoms with van der Waals surface area (Å²) < 4.78 is 28.3. The van der Waals surface area contributed by atoms with Crippen LogP contribution in [0.3, 0.4) is 0 Å². The Bertz CT molecular complexity index is 1330. The van der Waals surface area contributed by atoms with Crippen molar-refractivity contribution < 1.29 is 13.2 Å². The molecular weight excluding hydrogens is 506 g/mol. The van der Waals surface area contributed by atoms with Crippen molar-refractivity contribution in [2.24, 2.45) is 5.92 Å². The van der Waals surface area contributed by atoms with Gasteiger partial charge in [-0.1, -0.05) is 48.9 Å². The zero-order valence-corrected chi connectivity index (χ0v) is 23.1. The summed E-state index contributed by atoms with van der Waals surface area (Å²) in [6.45, 7) is 7.73. The second kappa shape index (κ2) is 11.6. The second-order valence-electron chi connectivity index (χ2n) is 9.83. The van der Waals surface area contributed by atoms with Crippen LogP contribution in [0.4, 0.5) is 11.4 Å². The van der Waals surface area contributed by atoms with Gasteiger partial charge in [0.05, 0.1) is 16.6 Å². The van der Waals surface area contributed by atoms with Crippen LogP contribution < -0.4 is 14.5 Å². The monoisotopic (exact) mass is 539 g/mol. The van der Waals surface area contributed by atoms with Crippen molar-refractivity contribution in [3.8, 4) is 0 Å². The van der Waals surface area contributed by atoms with E-state index in [2.05, 4.69) is 29.3 Å². The summed E-state index contributed by atoms with van der Waals surface area (Å²) in [5.41, 5.74) is 3.22. The fourth-order valence-corrected chi connectivity index (χ4v) is 6.55. The Labute approximate surface area is 225 Å². The molecule has 0 saturated carbocycles. The summed E-state index contributed by atoms with van der Waals surface area (Å²) in [4.78, 5) is 15.7. The van der Waals surface area contributed by atoms with Gasteiger partial charge in [-0.25, -0.2) is 8.42 Å². The Balaban J connectivity index is 1.51. The lowest BCUT2D eigenvalue weighted by molar-refractivity contribution is -0.120. The number of hydrogen-bond donors (Lipinski definition) is 1. The first kappa shape index (κ1) is 27.0. The molecule has 1 amide bonds. The number of rotatable bonds is 8. The van der Waals surface area contributed by atoms with E-state index in [1.54, 1.807) is 43.3 Å². The molecule has 1 fully saturated rings. The van der Waals surface area contributed by atoms with Gasteiger partial charge in [-0.05, 0) is 86.2 Å². The number of carbonyl (C=O) groups excluding carboxylic acids is 1. The largest absolute Gasteiger partial charge is 0.371 e. The van der Waals surface area contributed by atoms with Crippen molar-refractivity contribution in [1.82, 2.24) is 5.32 Å². The highest BCUT2D eigenvalue weighted by atomic mass is 35.5. The Hall–Kier alpha value is -3.03. The van der Waals surface area contributed by atoms with Crippen LogP contribution in [0.5, 0.6) is 0 Å². The number of anilines is 2. The number of piperidine rings is 1. The predicted octanol–water partition coefficient (Wildman–Crippen LogP) is 5.96. The minimum absolute atomic E-state index is 0.118. The Morgan fingerprint density at radius 3 is 2.46 bits per heavy atom. The molecule has 1 saturated heterocycles. The first-order valence-electron chi connectivity index (χ1n) is 12.6. The summed E-state index contributed by atoms with van der Waals surface area (Å²) in [6, 6.07) is 21.1. The number of amides is 1. The Morgan fingerprint density at radius 1 is 1.11 bits per heavy atom. The molecule has 37 heavy (non-hydrogen) atoms. The fourth-order valence-electron chi connectivity index (χ4n) is 4.82.